The highest BCUT2D eigenvalue weighted by Gasteiger charge is 2.21. The number of nitrogens with one attached hydrogen (secondary N) is 1. The molecule has 1 aromatic carbocycles. The molecule has 1 atom stereocenters. The van der Waals surface area contributed by atoms with E-state index >= 15 is 0 Å². The van der Waals surface area contributed by atoms with Crippen LogP contribution in [0.4, 0.5) is 8.78 Å². The third kappa shape index (κ3) is 4.16. The van der Waals surface area contributed by atoms with Crippen LogP contribution in [-0.2, 0) is 6.42 Å². The van der Waals surface area contributed by atoms with Gasteiger partial charge >= 0.3 is 0 Å². The Balaban J connectivity index is 2.30. The molecule has 0 spiro atoms. The first-order valence-electron chi connectivity index (χ1n) is 6.64. The van der Waals surface area contributed by atoms with E-state index in [1.165, 1.54) is 29.5 Å². The van der Waals surface area contributed by atoms with Gasteiger partial charge in [0.25, 0.3) is 0 Å². The van der Waals surface area contributed by atoms with Gasteiger partial charge in [-0.2, -0.15) is 0 Å². The Labute approximate surface area is 136 Å². The third-order valence-electron chi connectivity index (χ3n) is 3.17. The van der Waals surface area contributed by atoms with Crippen molar-refractivity contribution in [3.05, 3.63) is 55.7 Å². The van der Waals surface area contributed by atoms with E-state index in [2.05, 4.69) is 5.32 Å². The van der Waals surface area contributed by atoms with Crippen LogP contribution in [0.2, 0.25) is 8.67 Å². The number of benzene rings is 1. The van der Waals surface area contributed by atoms with Gasteiger partial charge in [0, 0.05) is 17.2 Å². The van der Waals surface area contributed by atoms with E-state index in [0.29, 0.717) is 8.67 Å². The van der Waals surface area contributed by atoms with Crippen LogP contribution in [0.15, 0.2) is 24.3 Å². The summed E-state index contributed by atoms with van der Waals surface area (Å²) in [6.07, 6.45) is 1.09. The normalized spacial score (nSPS) is 12.6. The van der Waals surface area contributed by atoms with E-state index in [9.17, 15) is 8.78 Å². The number of thiophene rings is 1. The Morgan fingerprint density at radius 1 is 1.24 bits per heavy atom. The predicted octanol–water partition coefficient (Wildman–Crippen LogP) is 5.62. The molecule has 0 saturated heterocycles. The van der Waals surface area contributed by atoms with Gasteiger partial charge < -0.3 is 5.32 Å². The fourth-order valence-electron chi connectivity index (χ4n) is 2.13. The number of hydrogen-bond donors (Lipinski definition) is 1. The first-order valence-corrected chi connectivity index (χ1v) is 8.21. The van der Waals surface area contributed by atoms with E-state index in [4.69, 9.17) is 23.2 Å². The maximum Gasteiger partial charge on any atom is 0.129 e. The van der Waals surface area contributed by atoms with Gasteiger partial charge in [0.2, 0.25) is 0 Å². The van der Waals surface area contributed by atoms with Crippen LogP contribution in [0.5, 0.6) is 0 Å². The smallest absolute Gasteiger partial charge is 0.129 e. The molecule has 2 aromatic rings. The van der Waals surface area contributed by atoms with E-state index < -0.39 is 11.6 Å². The van der Waals surface area contributed by atoms with Crippen LogP contribution >= 0.6 is 34.5 Å². The Kier molecular flexibility index (Phi) is 5.99. The molecule has 0 fully saturated rings. The molecule has 6 heteroatoms. The van der Waals surface area contributed by atoms with E-state index in [0.717, 1.165) is 18.5 Å². The summed E-state index contributed by atoms with van der Waals surface area (Å²) < 4.78 is 28.8. The SMILES string of the molecule is CCCNC(Cc1c(F)cccc1F)c1cc(Cl)sc1Cl. The molecule has 2 rings (SSSR count). The van der Waals surface area contributed by atoms with Crippen LogP contribution in [0, 0.1) is 11.6 Å². The molecule has 0 amide bonds. The number of rotatable bonds is 6. The number of halogens is 4. The minimum Gasteiger partial charge on any atom is -0.310 e. The molecule has 1 unspecified atom stereocenters. The molecule has 1 heterocycles. The number of hydrogen-bond acceptors (Lipinski definition) is 2. The summed E-state index contributed by atoms with van der Waals surface area (Å²) in [7, 11) is 0. The zero-order valence-corrected chi connectivity index (χ0v) is 13.8. The summed E-state index contributed by atoms with van der Waals surface area (Å²) >= 11 is 13.4. The van der Waals surface area contributed by atoms with Gasteiger partial charge in [0.05, 0.1) is 8.67 Å². The van der Waals surface area contributed by atoms with Gasteiger partial charge in [-0.3, -0.25) is 0 Å². The largest absolute Gasteiger partial charge is 0.310 e. The summed E-state index contributed by atoms with van der Waals surface area (Å²) in [5.41, 5.74) is 0.840. The first kappa shape index (κ1) is 16.7. The minimum absolute atomic E-state index is 0.0597. The topological polar surface area (TPSA) is 12.0 Å². The molecule has 0 aliphatic heterocycles. The van der Waals surface area contributed by atoms with Crippen molar-refractivity contribution in [3.63, 3.8) is 0 Å². The Bertz CT molecular complexity index is 595. The second kappa shape index (κ2) is 7.54. The van der Waals surface area contributed by atoms with Gasteiger partial charge in [0.15, 0.2) is 0 Å². The Morgan fingerprint density at radius 3 is 2.43 bits per heavy atom. The third-order valence-corrected chi connectivity index (χ3v) is 4.69. The lowest BCUT2D eigenvalue weighted by atomic mass is 10.00. The van der Waals surface area contributed by atoms with E-state index in [1.54, 1.807) is 6.07 Å². The lowest BCUT2D eigenvalue weighted by molar-refractivity contribution is 0.491. The van der Waals surface area contributed by atoms with E-state index in [-0.39, 0.29) is 18.0 Å². The van der Waals surface area contributed by atoms with Crippen LogP contribution in [-0.4, -0.2) is 6.54 Å². The molecule has 0 bridgehead atoms. The van der Waals surface area contributed by atoms with Gasteiger partial charge in [-0.1, -0.05) is 36.2 Å². The standard InChI is InChI=1S/C15H15Cl2F2NS/c1-2-6-20-13(10-8-14(16)21-15(10)17)7-9-11(18)4-3-5-12(9)19/h3-5,8,13,20H,2,6-7H2,1H3. The maximum atomic E-state index is 13.8. The highest BCUT2D eigenvalue weighted by Crippen LogP contribution is 2.36. The van der Waals surface area contributed by atoms with Crippen molar-refractivity contribution >= 4 is 34.5 Å². The molecule has 1 N–H and O–H groups in total. The second-order valence-corrected chi connectivity index (χ2v) is 6.98. The first-order chi connectivity index (χ1) is 10.0. The van der Waals surface area contributed by atoms with Gasteiger partial charge in [-0.25, -0.2) is 8.78 Å². The summed E-state index contributed by atoms with van der Waals surface area (Å²) in [5.74, 6) is -1.09. The quantitative estimate of drug-likeness (QED) is 0.713. The predicted molar refractivity (Wildman–Crippen MR) is 85.4 cm³/mol. The summed E-state index contributed by atoms with van der Waals surface area (Å²) in [6.45, 7) is 2.75. The van der Waals surface area contributed by atoms with Crippen molar-refractivity contribution in [2.45, 2.75) is 25.8 Å². The van der Waals surface area contributed by atoms with Crippen molar-refractivity contribution in [1.82, 2.24) is 5.32 Å². The molecular formula is C15H15Cl2F2NS. The average molecular weight is 350 g/mol. The van der Waals surface area contributed by atoms with Crippen LogP contribution < -0.4 is 5.32 Å². The lowest BCUT2D eigenvalue weighted by Gasteiger charge is -2.19. The summed E-state index contributed by atoms with van der Waals surface area (Å²) in [5, 5.41) is 3.27. The molecule has 0 aliphatic rings. The van der Waals surface area contributed by atoms with E-state index in [1.807, 2.05) is 6.92 Å². The fraction of sp³-hybridized carbons (Fsp3) is 0.333. The molecule has 1 nitrogen and oxygen atoms in total. The molecule has 21 heavy (non-hydrogen) atoms. The minimum atomic E-state index is -0.546. The zero-order chi connectivity index (χ0) is 15.4. The van der Waals surface area contributed by atoms with Gasteiger partial charge in [-0.05, 0) is 37.6 Å². The molecule has 1 aromatic heterocycles. The average Bonchev–Trinajstić information content (AvgIpc) is 2.76. The summed E-state index contributed by atoms with van der Waals surface area (Å²) in [6, 6.07) is 5.36. The molecule has 114 valence electrons. The second-order valence-electron chi connectivity index (χ2n) is 4.69. The summed E-state index contributed by atoms with van der Waals surface area (Å²) in [4.78, 5) is 0. The van der Waals surface area contributed by atoms with Gasteiger partial charge in [0.1, 0.15) is 11.6 Å². The molecule has 0 aliphatic carbocycles. The maximum absolute atomic E-state index is 13.8. The Hall–Kier alpha value is -0.680. The highest BCUT2D eigenvalue weighted by molar-refractivity contribution is 7.20. The lowest BCUT2D eigenvalue weighted by Crippen LogP contribution is -2.24. The highest BCUT2D eigenvalue weighted by atomic mass is 35.5. The van der Waals surface area contributed by atoms with Crippen LogP contribution in [0.1, 0.15) is 30.5 Å². The van der Waals surface area contributed by atoms with Crippen LogP contribution in [0.25, 0.3) is 0 Å². The van der Waals surface area contributed by atoms with Crippen molar-refractivity contribution in [2.75, 3.05) is 6.54 Å². The van der Waals surface area contributed by atoms with Crippen molar-refractivity contribution in [2.24, 2.45) is 0 Å². The van der Waals surface area contributed by atoms with Crippen molar-refractivity contribution < 1.29 is 8.78 Å². The zero-order valence-electron chi connectivity index (χ0n) is 11.4. The molecular weight excluding hydrogens is 335 g/mol. The monoisotopic (exact) mass is 349 g/mol. The molecule has 0 radical (unpaired) electrons. The Morgan fingerprint density at radius 2 is 1.90 bits per heavy atom. The van der Waals surface area contributed by atoms with Crippen LogP contribution in [0.3, 0.4) is 0 Å². The van der Waals surface area contributed by atoms with Crippen molar-refractivity contribution in [3.8, 4) is 0 Å². The van der Waals surface area contributed by atoms with Gasteiger partial charge in [-0.15, -0.1) is 11.3 Å². The van der Waals surface area contributed by atoms with Crippen molar-refractivity contribution in [1.29, 1.82) is 0 Å². The fourth-order valence-corrected chi connectivity index (χ4v) is 3.71. The molecule has 0 saturated carbocycles.